The van der Waals surface area contributed by atoms with Crippen molar-refractivity contribution in [3.63, 3.8) is 0 Å². The molecule has 7 heteroatoms. The normalized spacial score (nSPS) is 20.2. The number of benzene rings is 1. The van der Waals surface area contributed by atoms with Gasteiger partial charge in [0.05, 0.1) is 32.0 Å². The average molecular weight is 361 g/mol. The lowest BCUT2D eigenvalue weighted by molar-refractivity contribution is -0.156. The second-order valence-electron chi connectivity index (χ2n) is 6.52. The molecule has 0 unspecified atom stereocenters. The van der Waals surface area contributed by atoms with Crippen LogP contribution >= 0.6 is 0 Å². The summed E-state index contributed by atoms with van der Waals surface area (Å²) in [5, 5.41) is 0.824. The molecule has 1 saturated heterocycles. The standard InChI is InChI=1S/C19H23NO6/c1-12-8-20(9-13(2)26-12)18(21)11-25-19(22)6-14-10-24-17-7-15(23-3)4-5-16(14)17/h4-5,7,10,12-13H,6,8-9,11H2,1-3H3/t12-,13-/m1/s1. The van der Waals surface area contributed by atoms with Gasteiger partial charge in [0.2, 0.25) is 0 Å². The number of morpholine rings is 1. The van der Waals surface area contributed by atoms with Gasteiger partial charge in [0, 0.05) is 30.1 Å². The second kappa shape index (κ2) is 7.78. The van der Waals surface area contributed by atoms with Crippen LogP contribution in [0.2, 0.25) is 0 Å². The van der Waals surface area contributed by atoms with E-state index < -0.39 is 5.97 Å². The molecule has 1 aromatic carbocycles. The molecule has 3 rings (SSSR count). The highest BCUT2D eigenvalue weighted by atomic mass is 16.5. The first kappa shape index (κ1) is 18.3. The summed E-state index contributed by atoms with van der Waals surface area (Å²) in [5.74, 6) is 0.00824. The van der Waals surface area contributed by atoms with E-state index in [-0.39, 0.29) is 31.1 Å². The molecule has 1 aliphatic rings. The molecule has 2 atom stereocenters. The predicted molar refractivity (Wildman–Crippen MR) is 94.0 cm³/mol. The molecule has 2 aromatic rings. The van der Waals surface area contributed by atoms with Gasteiger partial charge in [-0.05, 0) is 26.0 Å². The zero-order valence-corrected chi connectivity index (χ0v) is 15.2. The van der Waals surface area contributed by atoms with Crippen molar-refractivity contribution in [2.24, 2.45) is 0 Å². The zero-order valence-electron chi connectivity index (χ0n) is 15.2. The minimum atomic E-state index is -0.466. The fourth-order valence-corrected chi connectivity index (χ4v) is 3.15. The topological polar surface area (TPSA) is 78.2 Å². The third kappa shape index (κ3) is 4.16. The molecule has 0 spiro atoms. The number of hydrogen-bond acceptors (Lipinski definition) is 6. The minimum absolute atomic E-state index is 0.0207. The number of esters is 1. The molecule has 0 bridgehead atoms. The van der Waals surface area contributed by atoms with Gasteiger partial charge >= 0.3 is 5.97 Å². The van der Waals surface area contributed by atoms with Gasteiger partial charge < -0.3 is 23.5 Å². The maximum atomic E-state index is 12.2. The molecule has 0 aliphatic carbocycles. The number of methoxy groups -OCH3 is 1. The summed E-state index contributed by atoms with van der Waals surface area (Å²) < 4.78 is 21.4. The van der Waals surface area contributed by atoms with E-state index in [1.165, 1.54) is 6.26 Å². The maximum absolute atomic E-state index is 12.2. The Balaban J connectivity index is 1.55. The van der Waals surface area contributed by atoms with Gasteiger partial charge in [-0.2, -0.15) is 0 Å². The second-order valence-corrected chi connectivity index (χ2v) is 6.52. The molecule has 1 fully saturated rings. The predicted octanol–water partition coefficient (Wildman–Crippen LogP) is 2.16. The minimum Gasteiger partial charge on any atom is -0.497 e. The number of furan rings is 1. The number of carbonyl (C=O) groups excluding carboxylic acids is 2. The van der Waals surface area contributed by atoms with Crippen molar-refractivity contribution < 1.29 is 28.2 Å². The Morgan fingerprint density at radius 3 is 2.65 bits per heavy atom. The summed E-state index contributed by atoms with van der Waals surface area (Å²) in [6, 6.07) is 5.40. The highest BCUT2D eigenvalue weighted by Gasteiger charge is 2.26. The molecule has 1 aromatic heterocycles. The lowest BCUT2D eigenvalue weighted by Gasteiger charge is -2.35. The van der Waals surface area contributed by atoms with Crippen molar-refractivity contribution >= 4 is 22.8 Å². The molecule has 26 heavy (non-hydrogen) atoms. The number of carbonyl (C=O) groups is 2. The zero-order chi connectivity index (χ0) is 18.7. The smallest absolute Gasteiger partial charge is 0.310 e. The van der Waals surface area contributed by atoms with Crippen LogP contribution in [0.1, 0.15) is 19.4 Å². The van der Waals surface area contributed by atoms with Crippen LogP contribution in [0, 0.1) is 0 Å². The number of ether oxygens (including phenoxy) is 3. The summed E-state index contributed by atoms with van der Waals surface area (Å²) in [7, 11) is 1.58. The Hall–Kier alpha value is -2.54. The number of rotatable bonds is 5. The Kier molecular flexibility index (Phi) is 5.46. The van der Waals surface area contributed by atoms with Crippen LogP contribution in [0.4, 0.5) is 0 Å². The Labute approximate surface area is 151 Å². The quantitative estimate of drug-likeness (QED) is 0.760. The first-order valence-corrected chi connectivity index (χ1v) is 8.59. The van der Waals surface area contributed by atoms with Crippen LogP contribution in [0.5, 0.6) is 5.75 Å². The van der Waals surface area contributed by atoms with Crippen molar-refractivity contribution in [2.75, 3.05) is 26.8 Å². The fraction of sp³-hybridized carbons (Fsp3) is 0.474. The molecule has 2 heterocycles. The van der Waals surface area contributed by atoms with E-state index in [0.717, 1.165) is 5.39 Å². The van der Waals surface area contributed by atoms with Gasteiger partial charge in [0.25, 0.3) is 5.91 Å². The van der Waals surface area contributed by atoms with Crippen LogP contribution in [-0.4, -0.2) is 55.8 Å². The average Bonchev–Trinajstić information content (AvgIpc) is 3.00. The Morgan fingerprint density at radius 2 is 1.96 bits per heavy atom. The van der Waals surface area contributed by atoms with E-state index in [1.807, 2.05) is 19.9 Å². The molecule has 0 N–H and O–H groups in total. The third-order valence-electron chi connectivity index (χ3n) is 4.33. The van der Waals surface area contributed by atoms with Gasteiger partial charge in [-0.3, -0.25) is 9.59 Å². The van der Waals surface area contributed by atoms with Gasteiger partial charge in [0.15, 0.2) is 6.61 Å². The van der Waals surface area contributed by atoms with Crippen LogP contribution in [0.15, 0.2) is 28.9 Å². The summed E-state index contributed by atoms with van der Waals surface area (Å²) in [6.45, 7) is 4.59. The monoisotopic (exact) mass is 361 g/mol. The Morgan fingerprint density at radius 1 is 1.23 bits per heavy atom. The molecular weight excluding hydrogens is 338 g/mol. The van der Waals surface area contributed by atoms with Gasteiger partial charge in [-0.25, -0.2) is 0 Å². The molecule has 1 aliphatic heterocycles. The van der Waals surface area contributed by atoms with Gasteiger partial charge in [-0.1, -0.05) is 0 Å². The number of hydrogen-bond donors (Lipinski definition) is 0. The lowest BCUT2D eigenvalue weighted by atomic mass is 10.1. The number of fused-ring (bicyclic) bond motifs is 1. The van der Waals surface area contributed by atoms with Crippen molar-refractivity contribution in [2.45, 2.75) is 32.5 Å². The highest BCUT2D eigenvalue weighted by Crippen LogP contribution is 2.26. The lowest BCUT2D eigenvalue weighted by Crippen LogP contribution is -2.49. The largest absolute Gasteiger partial charge is 0.497 e. The molecule has 7 nitrogen and oxygen atoms in total. The van der Waals surface area contributed by atoms with Crippen molar-refractivity contribution in [3.05, 3.63) is 30.0 Å². The summed E-state index contributed by atoms with van der Waals surface area (Å²) >= 11 is 0. The maximum Gasteiger partial charge on any atom is 0.310 e. The number of amides is 1. The van der Waals surface area contributed by atoms with Crippen molar-refractivity contribution in [1.29, 1.82) is 0 Å². The molecule has 0 radical (unpaired) electrons. The van der Waals surface area contributed by atoms with Crippen LogP contribution < -0.4 is 4.74 Å². The van der Waals surface area contributed by atoms with E-state index in [4.69, 9.17) is 18.6 Å². The first-order chi connectivity index (χ1) is 12.5. The number of nitrogens with zero attached hydrogens (tertiary/aromatic N) is 1. The fourth-order valence-electron chi connectivity index (χ4n) is 3.15. The van der Waals surface area contributed by atoms with E-state index in [1.54, 1.807) is 24.1 Å². The van der Waals surface area contributed by atoms with Crippen LogP contribution in [0.3, 0.4) is 0 Å². The summed E-state index contributed by atoms with van der Waals surface area (Å²) in [5.41, 5.74) is 1.35. The molecule has 0 saturated carbocycles. The van der Waals surface area contributed by atoms with E-state index in [0.29, 0.717) is 30.0 Å². The SMILES string of the molecule is COc1ccc2c(CC(=O)OCC(=O)N3C[C@@H](C)O[C@H](C)C3)coc2c1. The van der Waals surface area contributed by atoms with Crippen LogP contribution in [-0.2, 0) is 25.5 Å². The Bertz CT molecular complexity index is 788. The summed E-state index contributed by atoms with van der Waals surface area (Å²) in [4.78, 5) is 26.0. The first-order valence-electron chi connectivity index (χ1n) is 8.59. The van der Waals surface area contributed by atoms with Gasteiger partial charge in [0.1, 0.15) is 11.3 Å². The highest BCUT2D eigenvalue weighted by molar-refractivity contribution is 5.87. The molecular formula is C19H23NO6. The third-order valence-corrected chi connectivity index (χ3v) is 4.33. The molecule has 140 valence electrons. The van der Waals surface area contributed by atoms with Crippen molar-refractivity contribution in [1.82, 2.24) is 4.90 Å². The van der Waals surface area contributed by atoms with Crippen molar-refractivity contribution in [3.8, 4) is 5.75 Å². The summed E-state index contributed by atoms with van der Waals surface area (Å²) in [6.07, 6.45) is 1.53. The molecule has 1 amide bonds. The van der Waals surface area contributed by atoms with E-state index >= 15 is 0 Å². The van der Waals surface area contributed by atoms with Crippen LogP contribution in [0.25, 0.3) is 11.0 Å². The van der Waals surface area contributed by atoms with Gasteiger partial charge in [-0.15, -0.1) is 0 Å². The van der Waals surface area contributed by atoms with E-state index in [2.05, 4.69) is 0 Å². The van der Waals surface area contributed by atoms with E-state index in [9.17, 15) is 9.59 Å².